The first kappa shape index (κ1) is 5.69. The minimum absolute atomic E-state index is 0.593. The average Bonchev–Trinajstić information content (AvgIpc) is 2.14. The van der Waals surface area contributed by atoms with E-state index in [0.717, 1.165) is 5.92 Å². The van der Waals surface area contributed by atoms with Crippen LogP contribution in [0.2, 0.25) is 0 Å². The zero-order valence-electron chi connectivity index (χ0n) is 5.35. The molecular formula is C8H12. The summed E-state index contributed by atoms with van der Waals surface area (Å²) in [5.41, 5.74) is 0. The van der Waals surface area contributed by atoms with Gasteiger partial charge >= 0.3 is 0 Å². The van der Waals surface area contributed by atoms with Crippen LogP contribution in [0.3, 0.4) is 0 Å². The quantitative estimate of drug-likeness (QED) is 0.417. The molecule has 1 saturated carbocycles. The molecule has 0 aliphatic heterocycles. The topological polar surface area (TPSA) is 0 Å². The second-order valence-corrected chi connectivity index (χ2v) is 2.68. The van der Waals surface area contributed by atoms with Gasteiger partial charge in [-0.3, -0.25) is 0 Å². The third-order valence-electron chi connectivity index (χ3n) is 2.08. The molecule has 0 amide bonds. The Morgan fingerprint density at radius 2 is 2.25 bits per heavy atom. The molecule has 1 aliphatic rings. The summed E-state index contributed by atoms with van der Waals surface area (Å²) in [4.78, 5) is 0. The van der Waals surface area contributed by atoms with Gasteiger partial charge in [0.2, 0.25) is 0 Å². The summed E-state index contributed by atoms with van der Waals surface area (Å²) in [6, 6.07) is 0. The molecule has 0 saturated heterocycles. The molecule has 1 unspecified atom stereocenters. The summed E-state index contributed by atoms with van der Waals surface area (Å²) in [6.07, 6.45) is 9.22. The molecule has 1 fully saturated rings. The van der Waals surface area contributed by atoms with Gasteiger partial charge in [-0.1, -0.05) is 13.3 Å². The number of hydrogen-bond acceptors (Lipinski definition) is 0. The van der Waals surface area contributed by atoms with E-state index in [4.69, 9.17) is 6.42 Å². The molecule has 1 aliphatic carbocycles. The Morgan fingerprint density at radius 3 is 2.50 bits per heavy atom. The highest BCUT2D eigenvalue weighted by atomic mass is 14.2. The zero-order valence-corrected chi connectivity index (χ0v) is 5.35. The minimum atomic E-state index is 0.593. The third-order valence-corrected chi connectivity index (χ3v) is 2.08. The van der Waals surface area contributed by atoms with E-state index in [1.54, 1.807) is 0 Å². The van der Waals surface area contributed by atoms with Crippen LogP contribution in [0.25, 0.3) is 0 Å². The van der Waals surface area contributed by atoms with Crippen LogP contribution in [0.5, 0.6) is 0 Å². The van der Waals surface area contributed by atoms with E-state index in [2.05, 4.69) is 12.8 Å². The summed E-state index contributed by atoms with van der Waals surface area (Å²) in [5.74, 6) is 4.20. The van der Waals surface area contributed by atoms with Gasteiger partial charge in [0.25, 0.3) is 0 Å². The van der Waals surface area contributed by atoms with Crippen LogP contribution in [0, 0.1) is 24.2 Å². The highest BCUT2D eigenvalue weighted by molar-refractivity contribution is 4.97. The lowest BCUT2D eigenvalue weighted by Crippen LogP contribution is -1.98. The normalized spacial score (nSPS) is 37.0. The monoisotopic (exact) mass is 108 g/mol. The molecular weight excluding hydrogens is 96.1 g/mol. The van der Waals surface area contributed by atoms with Gasteiger partial charge in [0.15, 0.2) is 0 Å². The van der Waals surface area contributed by atoms with Gasteiger partial charge in [-0.2, -0.15) is 0 Å². The molecule has 0 N–H and O–H groups in total. The maximum Gasteiger partial charge on any atom is 0.0225 e. The van der Waals surface area contributed by atoms with Crippen LogP contribution < -0.4 is 0 Å². The predicted octanol–water partition coefficient (Wildman–Crippen LogP) is 2.06. The summed E-state index contributed by atoms with van der Waals surface area (Å²) >= 11 is 0. The Kier molecular flexibility index (Phi) is 1.58. The first-order valence-corrected chi connectivity index (χ1v) is 3.30. The third kappa shape index (κ3) is 0.865. The van der Waals surface area contributed by atoms with Gasteiger partial charge in [-0.15, -0.1) is 12.3 Å². The van der Waals surface area contributed by atoms with Crippen LogP contribution in [0.1, 0.15) is 26.2 Å². The summed E-state index contributed by atoms with van der Waals surface area (Å²) in [5, 5.41) is 0. The van der Waals surface area contributed by atoms with Gasteiger partial charge in [-0.25, -0.2) is 0 Å². The van der Waals surface area contributed by atoms with Gasteiger partial charge in [0, 0.05) is 5.92 Å². The van der Waals surface area contributed by atoms with E-state index in [9.17, 15) is 0 Å². The van der Waals surface area contributed by atoms with E-state index in [1.165, 1.54) is 19.3 Å². The van der Waals surface area contributed by atoms with Crippen molar-refractivity contribution in [2.24, 2.45) is 11.8 Å². The smallest absolute Gasteiger partial charge is 0.0225 e. The van der Waals surface area contributed by atoms with E-state index in [-0.39, 0.29) is 0 Å². The van der Waals surface area contributed by atoms with Crippen LogP contribution in [0.15, 0.2) is 0 Å². The number of hydrogen-bond donors (Lipinski definition) is 0. The standard InChI is InChI=1S/C8H12/c1-3-8-6-4-5-7(8)2/h1,7-8H,4-6H2,2H3/t7?,8-/m0/s1. The van der Waals surface area contributed by atoms with E-state index < -0.39 is 0 Å². The van der Waals surface area contributed by atoms with Crippen molar-refractivity contribution in [3.05, 3.63) is 0 Å². The van der Waals surface area contributed by atoms with Gasteiger partial charge in [0.05, 0.1) is 0 Å². The Balaban J connectivity index is 2.45. The molecule has 0 heterocycles. The van der Waals surface area contributed by atoms with E-state index in [0.29, 0.717) is 5.92 Å². The molecule has 0 aromatic carbocycles. The molecule has 2 atom stereocenters. The van der Waals surface area contributed by atoms with Crippen molar-refractivity contribution < 1.29 is 0 Å². The van der Waals surface area contributed by atoms with Crippen molar-refractivity contribution in [2.45, 2.75) is 26.2 Å². The molecule has 0 aromatic heterocycles. The molecule has 44 valence electrons. The highest BCUT2D eigenvalue weighted by Crippen LogP contribution is 2.29. The highest BCUT2D eigenvalue weighted by Gasteiger charge is 2.20. The maximum absolute atomic E-state index is 5.27. The fourth-order valence-corrected chi connectivity index (χ4v) is 1.39. The van der Waals surface area contributed by atoms with Gasteiger partial charge in [-0.05, 0) is 18.8 Å². The molecule has 0 nitrogen and oxygen atoms in total. The van der Waals surface area contributed by atoms with Crippen molar-refractivity contribution in [3.63, 3.8) is 0 Å². The second-order valence-electron chi connectivity index (χ2n) is 2.68. The molecule has 0 spiro atoms. The second kappa shape index (κ2) is 2.22. The molecule has 0 aromatic rings. The molecule has 8 heavy (non-hydrogen) atoms. The Labute approximate surface area is 51.3 Å². The average molecular weight is 108 g/mol. The van der Waals surface area contributed by atoms with Crippen molar-refractivity contribution in [2.75, 3.05) is 0 Å². The first-order valence-electron chi connectivity index (χ1n) is 3.30. The van der Waals surface area contributed by atoms with Crippen molar-refractivity contribution in [3.8, 4) is 12.3 Å². The van der Waals surface area contributed by atoms with Crippen molar-refractivity contribution in [1.29, 1.82) is 0 Å². The van der Waals surface area contributed by atoms with Crippen LogP contribution in [-0.4, -0.2) is 0 Å². The Hall–Kier alpha value is -0.440. The lowest BCUT2D eigenvalue weighted by molar-refractivity contribution is 0.519. The largest absolute Gasteiger partial charge is 0.120 e. The zero-order chi connectivity index (χ0) is 5.98. The number of terminal acetylenes is 1. The molecule has 0 heteroatoms. The van der Waals surface area contributed by atoms with Crippen LogP contribution >= 0.6 is 0 Å². The van der Waals surface area contributed by atoms with Gasteiger partial charge < -0.3 is 0 Å². The summed E-state index contributed by atoms with van der Waals surface area (Å²) in [6.45, 7) is 2.25. The van der Waals surface area contributed by atoms with Crippen molar-refractivity contribution in [1.82, 2.24) is 0 Å². The summed E-state index contributed by atoms with van der Waals surface area (Å²) in [7, 11) is 0. The van der Waals surface area contributed by atoms with Crippen molar-refractivity contribution >= 4 is 0 Å². The molecule has 0 bridgehead atoms. The minimum Gasteiger partial charge on any atom is -0.120 e. The predicted molar refractivity (Wildman–Crippen MR) is 35.3 cm³/mol. The summed E-state index contributed by atoms with van der Waals surface area (Å²) < 4.78 is 0. The van der Waals surface area contributed by atoms with E-state index >= 15 is 0 Å². The van der Waals surface area contributed by atoms with Crippen LogP contribution in [-0.2, 0) is 0 Å². The van der Waals surface area contributed by atoms with E-state index in [1.807, 2.05) is 0 Å². The SMILES string of the molecule is C#C[C@H]1CCCC1C. The Morgan fingerprint density at radius 1 is 1.50 bits per heavy atom. The number of rotatable bonds is 0. The first-order chi connectivity index (χ1) is 3.84. The lowest BCUT2D eigenvalue weighted by atomic mass is 10.00. The lowest BCUT2D eigenvalue weighted by Gasteiger charge is -2.04. The fourth-order valence-electron chi connectivity index (χ4n) is 1.39. The maximum atomic E-state index is 5.27. The van der Waals surface area contributed by atoms with Crippen LogP contribution in [0.4, 0.5) is 0 Å². The molecule has 0 radical (unpaired) electrons. The Bertz CT molecular complexity index is 108. The fraction of sp³-hybridized carbons (Fsp3) is 0.750. The molecule has 1 rings (SSSR count). The van der Waals surface area contributed by atoms with Gasteiger partial charge in [0.1, 0.15) is 0 Å².